The fraction of sp³-hybridized carbons (Fsp3) is 0.333. The Morgan fingerprint density at radius 1 is 1.21 bits per heavy atom. The van der Waals surface area contributed by atoms with Crippen LogP contribution in [0.1, 0.15) is 25.5 Å². The lowest BCUT2D eigenvalue weighted by Gasteiger charge is -2.02. The van der Waals surface area contributed by atoms with E-state index < -0.39 is 0 Å². The largest absolute Gasteiger partial charge is 0.257 e. The topological polar surface area (TPSA) is 51.6 Å². The van der Waals surface area contributed by atoms with Crippen molar-refractivity contribution in [3.63, 3.8) is 0 Å². The van der Waals surface area contributed by atoms with Gasteiger partial charge in [-0.2, -0.15) is 0 Å². The number of hydrogen-bond acceptors (Lipinski definition) is 5. The smallest absolute Gasteiger partial charge is 0.167 e. The van der Waals surface area contributed by atoms with Crippen molar-refractivity contribution in [3.05, 3.63) is 23.6 Å². The van der Waals surface area contributed by atoms with Gasteiger partial charge in [-0.15, -0.1) is 10.2 Å². The number of rotatable bonds is 2. The molecule has 2 rings (SSSR count). The van der Waals surface area contributed by atoms with Crippen molar-refractivity contribution in [2.45, 2.75) is 19.8 Å². The molecule has 0 radical (unpaired) electrons. The Balaban J connectivity index is 2.31. The zero-order valence-electron chi connectivity index (χ0n) is 8.01. The van der Waals surface area contributed by atoms with Gasteiger partial charge in [0.15, 0.2) is 5.01 Å². The average molecular weight is 206 g/mol. The fourth-order valence-corrected chi connectivity index (χ4v) is 1.55. The highest BCUT2D eigenvalue weighted by molar-refractivity contribution is 7.12. The standard InChI is InChI=1S/C9H10N4S/c1-6(2)7-3-11-8(4-10-7)9-13-12-5-14-9/h3-6H,1-2H3. The lowest BCUT2D eigenvalue weighted by molar-refractivity contribution is 0.812. The molecule has 0 fully saturated rings. The van der Waals surface area contributed by atoms with Crippen molar-refractivity contribution in [1.29, 1.82) is 0 Å². The Bertz CT molecular complexity index is 393. The molecule has 0 saturated carbocycles. The van der Waals surface area contributed by atoms with Crippen molar-refractivity contribution in [1.82, 2.24) is 20.2 Å². The predicted molar refractivity (Wildman–Crippen MR) is 55.0 cm³/mol. The first kappa shape index (κ1) is 9.21. The molecule has 14 heavy (non-hydrogen) atoms. The third kappa shape index (κ3) is 1.77. The third-order valence-corrected chi connectivity index (χ3v) is 2.56. The Morgan fingerprint density at radius 2 is 2.07 bits per heavy atom. The normalized spacial score (nSPS) is 10.8. The van der Waals surface area contributed by atoms with Crippen LogP contribution in [-0.2, 0) is 0 Å². The number of hydrogen-bond donors (Lipinski definition) is 0. The van der Waals surface area contributed by atoms with E-state index >= 15 is 0 Å². The maximum Gasteiger partial charge on any atom is 0.167 e. The predicted octanol–water partition coefficient (Wildman–Crippen LogP) is 2.12. The molecule has 2 heterocycles. The summed E-state index contributed by atoms with van der Waals surface area (Å²) in [6, 6.07) is 0. The number of aromatic nitrogens is 4. The Hall–Kier alpha value is -1.36. The second-order valence-electron chi connectivity index (χ2n) is 3.23. The van der Waals surface area contributed by atoms with Gasteiger partial charge in [-0.3, -0.25) is 9.97 Å². The minimum absolute atomic E-state index is 0.408. The van der Waals surface area contributed by atoms with Gasteiger partial charge >= 0.3 is 0 Å². The fourth-order valence-electron chi connectivity index (χ4n) is 1.03. The summed E-state index contributed by atoms with van der Waals surface area (Å²) in [5, 5.41) is 8.50. The average Bonchev–Trinajstić information content (AvgIpc) is 2.71. The monoisotopic (exact) mass is 206 g/mol. The first-order valence-corrected chi connectivity index (χ1v) is 5.24. The van der Waals surface area contributed by atoms with Gasteiger partial charge < -0.3 is 0 Å². The van der Waals surface area contributed by atoms with Crippen LogP contribution in [0.3, 0.4) is 0 Å². The highest BCUT2D eigenvalue weighted by atomic mass is 32.1. The molecule has 0 unspecified atom stereocenters. The van der Waals surface area contributed by atoms with Gasteiger partial charge in [-0.1, -0.05) is 25.2 Å². The summed E-state index contributed by atoms with van der Waals surface area (Å²) in [6.45, 7) is 4.18. The molecule has 0 amide bonds. The minimum Gasteiger partial charge on any atom is -0.257 e. The zero-order valence-corrected chi connectivity index (χ0v) is 8.82. The van der Waals surface area contributed by atoms with Crippen molar-refractivity contribution in [2.75, 3.05) is 0 Å². The Kier molecular flexibility index (Phi) is 2.49. The zero-order chi connectivity index (χ0) is 9.97. The molecule has 0 atom stereocenters. The van der Waals surface area contributed by atoms with E-state index in [1.165, 1.54) is 11.3 Å². The minimum atomic E-state index is 0.408. The number of nitrogens with zero attached hydrogens (tertiary/aromatic N) is 4. The first-order valence-electron chi connectivity index (χ1n) is 4.36. The van der Waals surface area contributed by atoms with Crippen LogP contribution in [0.5, 0.6) is 0 Å². The molecule has 0 saturated heterocycles. The lowest BCUT2D eigenvalue weighted by Crippen LogP contribution is -1.94. The summed E-state index contributed by atoms with van der Waals surface area (Å²) < 4.78 is 0. The maximum absolute atomic E-state index is 4.31. The lowest BCUT2D eigenvalue weighted by atomic mass is 10.1. The molecule has 5 heteroatoms. The summed E-state index contributed by atoms with van der Waals surface area (Å²) in [5.74, 6) is 0.408. The highest BCUT2D eigenvalue weighted by Crippen LogP contribution is 2.18. The van der Waals surface area contributed by atoms with Crippen LogP contribution in [-0.4, -0.2) is 20.2 Å². The van der Waals surface area contributed by atoms with Crippen LogP contribution >= 0.6 is 11.3 Å². The molecule has 0 aliphatic carbocycles. The van der Waals surface area contributed by atoms with Gasteiger partial charge in [0.1, 0.15) is 11.2 Å². The molecular formula is C9H10N4S. The molecule has 0 aromatic carbocycles. The van der Waals surface area contributed by atoms with E-state index in [-0.39, 0.29) is 0 Å². The van der Waals surface area contributed by atoms with Gasteiger partial charge in [0.2, 0.25) is 0 Å². The van der Waals surface area contributed by atoms with Crippen molar-refractivity contribution < 1.29 is 0 Å². The van der Waals surface area contributed by atoms with Gasteiger partial charge in [0.05, 0.1) is 11.9 Å². The van der Waals surface area contributed by atoms with Crippen LogP contribution in [0.15, 0.2) is 17.9 Å². The SMILES string of the molecule is CC(C)c1cnc(-c2nncs2)cn1. The molecule has 0 aliphatic rings. The molecule has 2 aromatic rings. The molecule has 2 aromatic heterocycles. The van der Waals surface area contributed by atoms with Crippen molar-refractivity contribution in [3.8, 4) is 10.7 Å². The van der Waals surface area contributed by atoms with Crippen LogP contribution in [0.2, 0.25) is 0 Å². The first-order chi connectivity index (χ1) is 6.77. The van der Waals surface area contributed by atoms with Crippen molar-refractivity contribution >= 4 is 11.3 Å². The van der Waals surface area contributed by atoms with E-state index in [1.54, 1.807) is 17.9 Å². The van der Waals surface area contributed by atoms with E-state index in [2.05, 4.69) is 34.0 Å². The Morgan fingerprint density at radius 3 is 2.57 bits per heavy atom. The Labute approximate surface area is 86.1 Å². The molecule has 0 spiro atoms. The van der Waals surface area contributed by atoms with E-state index in [0.717, 1.165) is 16.4 Å². The molecule has 0 aliphatic heterocycles. The van der Waals surface area contributed by atoms with Crippen LogP contribution in [0, 0.1) is 0 Å². The summed E-state index contributed by atoms with van der Waals surface area (Å²) >= 11 is 1.47. The van der Waals surface area contributed by atoms with Crippen LogP contribution < -0.4 is 0 Å². The summed E-state index contributed by atoms with van der Waals surface area (Å²) in [4.78, 5) is 8.60. The molecule has 0 bridgehead atoms. The van der Waals surface area contributed by atoms with Crippen LogP contribution in [0.4, 0.5) is 0 Å². The van der Waals surface area contributed by atoms with Gasteiger partial charge in [-0.25, -0.2) is 0 Å². The summed E-state index contributed by atoms with van der Waals surface area (Å²) in [6.07, 6.45) is 3.54. The second kappa shape index (κ2) is 3.79. The quantitative estimate of drug-likeness (QED) is 0.755. The van der Waals surface area contributed by atoms with E-state index in [0.29, 0.717) is 5.92 Å². The van der Waals surface area contributed by atoms with E-state index in [4.69, 9.17) is 0 Å². The van der Waals surface area contributed by atoms with Crippen molar-refractivity contribution in [2.24, 2.45) is 0 Å². The summed E-state index contributed by atoms with van der Waals surface area (Å²) in [7, 11) is 0. The van der Waals surface area contributed by atoms with Crippen LogP contribution in [0.25, 0.3) is 10.7 Å². The highest BCUT2D eigenvalue weighted by Gasteiger charge is 2.05. The van der Waals surface area contributed by atoms with Gasteiger partial charge in [0.25, 0.3) is 0 Å². The molecule has 4 nitrogen and oxygen atoms in total. The molecule has 0 N–H and O–H groups in total. The molecular weight excluding hydrogens is 196 g/mol. The summed E-state index contributed by atoms with van der Waals surface area (Å²) in [5.41, 5.74) is 3.48. The van der Waals surface area contributed by atoms with E-state index in [9.17, 15) is 0 Å². The second-order valence-corrected chi connectivity index (χ2v) is 4.06. The third-order valence-electron chi connectivity index (χ3n) is 1.84. The van der Waals surface area contributed by atoms with Gasteiger partial charge in [-0.05, 0) is 5.92 Å². The van der Waals surface area contributed by atoms with Gasteiger partial charge in [0, 0.05) is 6.20 Å². The maximum atomic E-state index is 4.31. The van der Waals surface area contributed by atoms with E-state index in [1.807, 2.05) is 0 Å². The molecule has 72 valence electrons.